The molecule has 1 aromatic carbocycles. The van der Waals surface area contributed by atoms with E-state index in [0.29, 0.717) is 29.9 Å². The quantitative estimate of drug-likeness (QED) is 0.897. The predicted octanol–water partition coefficient (Wildman–Crippen LogP) is 1.77. The number of hydrogen-bond donors (Lipinski definition) is 1. The molecule has 0 spiro atoms. The van der Waals surface area contributed by atoms with Gasteiger partial charge in [0.05, 0.1) is 11.0 Å². The van der Waals surface area contributed by atoms with Crippen molar-refractivity contribution in [3.63, 3.8) is 0 Å². The topological polar surface area (TPSA) is 58.4 Å². The number of carboxylic acid groups (broad SMARTS) is 1. The summed E-state index contributed by atoms with van der Waals surface area (Å²) in [7, 11) is 1.78. The first kappa shape index (κ1) is 12.0. The van der Waals surface area contributed by atoms with Crippen molar-refractivity contribution in [1.82, 2.24) is 9.55 Å². The zero-order valence-electron chi connectivity index (χ0n) is 10.5. The zero-order valence-corrected chi connectivity index (χ0v) is 10.5. The highest BCUT2D eigenvalue weighted by molar-refractivity contribution is 5.82. The van der Waals surface area contributed by atoms with Crippen molar-refractivity contribution in [2.24, 2.45) is 7.05 Å². The summed E-state index contributed by atoms with van der Waals surface area (Å²) < 4.78 is 15.0. The van der Waals surface area contributed by atoms with Gasteiger partial charge in [0.2, 0.25) is 5.95 Å². The Morgan fingerprint density at radius 2 is 2.32 bits per heavy atom. The van der Waals surface area contributed by atoms with E-state index in [1.807, 2.05) is 0 Å². The van der Waals surface area contributed by atoms with E-state index in [-0.39, 0.29) is 5.82 Å². The Hall–Kier alpha value is -2.11. The van der Waals surface area contributed by atoms with Crippen LogP contribution in [0.2, 0.25) is 0 Å². The average molecular weight is 263 g/mol. The van der Waals surface area contributed by atoms with Crippen LogP contribution in [0.15, 0.2) is 18.2 Å². The summed E-state index contributed by atoms with van der Waals surface area (Å²) in [4.78, 5) is 17.4. The Morgan fingerprint density at radius 1 is 1.53 bits per heavy atom. The van der Waals surface area contributed by atoms with Crippen LogP contribution < -0.4 is 4.90 Å². The van der Waals surface area contributed by atoms with E-state index in [1.54, 1.807) is 22.6 Å². The Bertz CT molecular complexity index is 653. The molecule has 2 aromatic rings. The van der Waals surface area contributed by atoms with Crippen LogP contribution in [0.4, 0.5) is 10.3 Å². The monoisotopic (exact) mass is 263 g/mol. The standard InChI is InChI=1S/C13H14FN3O2/c1-16-11-7-8(14)4-5-9(11)15-13(16)17-6-2-3-10(17)12(18)19/h4-5,7,10H,2-3,6H2,1H3,(H,18,19)/t10-/m0/s1. The molecule has 1 saturated heterocycles. The van der Waals surface area contributed by atoms with Crippen LogP contribution in [-0.2, 0) is 11.8 Å². The second-order valence-electron chi connectivity index (χ2n) is 4.79. The molecule has 1 aliphatic rings. The number of benzene rings is 1. The number of carbonyl (C=O) groups is 1. The third kappa shape index (κ3) is 1.83. The Balaban J connectivity index is 2.10. The molecule has 0 unspecified atom stereocenters. The van der Waals surface area contributed by atoms with Gasteiger partial charge in [-0.2, -0.15) is 0 Å². The summed E-state index contributed by atoms with van der Waals surface area (Å²) in [5.74, 6) is -0.570. The van der Waals surface area contributed by atoms with E-state index in [1.165, 1.54) is 12.1 Å². The van der Waals surface area contributed by atoms with Crippen LogP contribution in [0.5, 0.6) is 0 Å². The molecule has 19 heavy (non-hydrogen) atoms. The molecule has 0 aliphatic carbocycles. The van der Waals surface area contributed by atoms with Gasteiger partial charge in [0, 0.05) is 13.6 Å². The van der Waals surface area contributed by atoms with Crippen molar-refractivity contribution in [3.8, 4) is 0 Å². The molecule has 0 radical (unpaired) electrons. The minimum absolute atomic E-state index is 0.321. The van der Waals surface area contributed by atoms with Crippen LogP contribution in [0.25, 0.3) is 11.0 Å². The molecule has 1 atom stereocenters. The lowest BCUT2D eigenvalue weighted by Crippen LogP contribution is -2.37. The number of aryl methyl sites for hydroxylation is 1. The molecule has 1 N–H and O–H groups in total. The fraction of sp³-hybridized carbons (Fsp3) is 0.385. The highest BCUT2D eigenvalue weighted by Gasteiger charge is 2.33. The number of rotatable bonds is 2. The predicted molar refractivity (Wildman–Crippen MR) is 68.7 cm³/mol. The van der Waals surface area contributed by atoms with E-state index in [4.69, 9.17) is 0 Å². The number of fused-ring (bicyclic) bond motifs is 1. The zero-order chi connectivity index (χ0) is 13.6. The maximum atomic E-state index is 13.3. The second-order valence-corrected chi connectivity index (χ2v) is 4.79. The lowest BCUT2D eigenvalue weighted by atomic mass is 10.2. The Kier molecular flexibility index (Phi) is 2.66. The van der Waals surface area contributed by atoms with Gasteiger partial charge < -0.3 is 14.6 Å². The molecule has 1 fully saturated rings. The van der Waals surface area contributed by atoms with Gasteiger partial charge in [0.25, 0.3) is 0 Å². The van der Waals surface area contributed by atoms with Gasteiger partial charge in [-0.05, 0) is 31.0 Å². The molecule has 3 rings (SSSR count). The first-order valence-electron chi connectivity index (χ1n) is 6.19. The van der Waals surface area contributed by atoms with Crippen LogP contribution in [0.3, 0.4) is 0 Å². The lowest BCUT2D eigenvalue weighted by molar-refractivity contribution is -0.138. The number of halogens is 1. The Morgan fingerprint density at radius 3 is 3.05 bits per heavy atom. The molecule has 6 heteroatoms. The molecule has 2 heterocycles. The molecule has 1 aromatic heterocycles. The third-order valence-corrected chi connectivity index (χ3v) is 3.61. The minimum atomic E-state index is -0.837. The first-order chi connectivity index (χ1) is 9.08. The van der Waals surface area contributed by atoms with Gasteiger partial charge in [0.15, 0.2) is 0 Å². The maximum absolute atomic E-state index is 13.3. The van der Waals surface area contributed by atoms with Gasteiger partial charge >= 0.3 is 5.97 Å². The second kappa shape index (κ2) is 4.22. The summed E-state index contributed by atoms with van der Waals surface area (Å²) >= 11 is 0. The number of anilines is 1. The number of hydrogen-bond acceptors (Lipinski definition) is 3. The van der Waals surface area contributed by atoms with Gasteiger partial charge in [-0.15, -0.1) is 0 Å². The molecular weight excluding hydrogens is 249 g/mol. The number of carboxylic acids is 1. The Labute approximate surface area is 109 Å². The van der Waals surface area contributed by atoms with Crippen molar-refractivity contribution in [2.45, 2.75) is 18.9 Å². The highest BCUT2D eigenvalue weighted by atomic mass is 19.1. The van der Waals surface area contributed by atoms with Crippen molar-refractivity contribution in [1.29, 1.82) is 0 Å². The summed E-state index contributed by atoms with van der Waals surface area (Å²) in [6.45, 7) is 0.663. The van der Waals surface area contributed by atoms with E-state index < -0.39 is 12.0 Å². The van der Waals surface area contributed by atoms with Crippen LogP contribution >= 0.6 is 0 Å². The molecule has 1 aliphatic heterocycles. The normalized spacial score (nSPS) is 19.3. The van der Waals surface area contributed by atoms with Crippen molar-refractivity contribution in [3.05, 3.63) is 24.0 Å². The van der Waals surface area contributed by atoms with Gasteiger partial charge in [0.1, 0.15) is 11.9 Å². The van der Waals surface area contributed by atoms with Crippen LogP contribution in [0.1, 0.15) is 12.8 Å². The van der Waals surface area contributed by atoms with E-state index >= 15 is 0 Å². The van der Waals surface area contributed by atoms with Gasteiger partial charge in [-0.1, -0.05) is 0 Å². The molecule has 0 bridgehead atoms. The smallest absolute Gasteiger partial charge is 0.326 e. The summed E-state index contributed by atoms with van der Waals surface area (Å²) in [6.07, 6.45) is 1.45. The van der Waals surface area contributed by atoms with E-state index in [9.17, 15) is 14.3 Å². The van der Waals surface area contributed by atoms with Crippen LogP contribution in [0, 0.1) is 5.82 Å². The third-order valence-electron chi connectivity index (χ3n) is 3.61. The van der Waals surface area contributed by atoms with Crippen LogP contribution in [-0.4, -0.2) is 33.2 Å². The fourth-order valence-electron chi connectivity index (χ4n) is 2.67. The fourth-order valence-corrected chi connectivity index (χ4v) is 2.67. The summed E-state index contributed by atoms with van der Waals surface area (Å²) in [5.41, 5.74) is 1.35. The largest absolute Gasteiger partial charge is 0.480 e. The average Bonchev–Trinajstić information content (AvgIpc) is 2.95. The number of nitrogens with zero attached hydrogens (tertiary/aromatic N) is 3. The summed E-state index contributed by atoms with van der Waals surface area (Å²) in [5, 5.41) is 9.22. The van der Waals surface area contributed by atoms with E-state index in [2.05, 4.69) is 4.98 Å². The molecule has 5 nitrogen and oxygen atoms in total. The lowest BCUT2D eigenvalue weighted by Gasteiger charge is -2.22. The van der Waals surface area contributed by atoms with Gasteiger partial charge in [-0.3, -0.25) is 0 Å². The SMILES string of the molecule is Cn1c(N2CCC[C@H]2C(=O)O)nc2ccc(F)cc21. The van der Waals surface area contributed by atoms with Gasteiger partial charge in [-0.25, -0.2) is 14.2 Å². The summed E-state index contributed by atoms with van der Waals surface area (Å²) in [6, 6.07) is 3.84. The number of aliphatic carboxylic acids is 1. The highest BCUT2D eigenvalue weighted by Crippen LogP contribution is 2.28. The van der Waals surface area contributed by atoms with E-state index in [0.717, 1.165) is 6.42 Å². The first-order valence-corrected chi connectivity index (χ1v) is 6.19. The molecule has 0 saturated carbocycles. The number of aromatic nitrogens is 2. The minimum Gasteiger partial charge on any atom is -0.480 e. The maximum Gasteiger partial charge on any atom is 0.326 e. The number of imidazole rings is 1. The van der Waals surface area contributed by atoms with Crippen molar-refractivity contribution < 1.29 is 14.3 Å². The molecule has 0 amide bonds. The molecular formula is C13H14FN3O2. The van der Waals surface area contributed by atoms with Crippen molar-refractivity contribution in [2.75, 3.05) is 11.4 Å². The molecule has 100 valence electrons. The van der Waals surface area contributed by atoms with Crippen molar-refractivity contribution >= 4 is 23.0 Å².